The lowest BCUT2D eigenvalue weighted by Crippen LogP contribution is -2.14. The van der Waals surface area contributed by atoms with Gasteiger partial charge in [-0.05, 0) is 47.3 Å². The summed E-state index contributed by atoms with van der Waals surface area (Å²) in [6.45, 7) is -0.0422. The maximum absolute atomic E-state index is 9.66. The number of nitrogens with one attached hydrogen (secondary N) is 1. The minimum Gasteiger partial charge on any atom is -0.394 e. The zero-order valence-electron chi connectivity index (χ0n) is 12.2. The Bertz CT molecular complexity index is 872. The molecule has 4 nitrogen and oxygen atoms in total. The molecule has 1 aromatic heterocycles. The van der Waals surface area contributed by atoms with Gasteiger partial charge in [0, 0.05) is 22.3 Å². The topological polar surface area (TPSA) is 68.9 Å². The summed E-state index contributed by atoms with van der Waals surface area (Å²) in [6, 6.07) is 16.8. The highest BCUT2D eigenvalue weighted by Gasteiger charge is 2.11. The lowest BCUT2D eigenvalue weighted by Gasteiger charge is -2.18. The molecule has 5 heteroatoms. The van der Waals surface area contributed by atoms with Gasteiger partial charge < -0.3 is 10.4 Å². The Morgan fingerprint density at radius 3 is 2.65 bits per heavy atom. The van der Waals surface area contributed by atoms with E-state index >= 15 is 0 Å². The standard InChI is InChI=1S/C18H14ClN3O/c19-14-3-1-12(2-4-14)18(11-23)22-15-5-6-16-13(9-15)7-8-21-17(16)10-20/h1-9,18,22-23H,11H2/t18-/m1/s1. The van der Waals surface area contributed by atoms with Crippen LogP contribution in [0.5, 0.6) is 0 Å². The van der Waals surface area contributed by atoms with Crippen LogP contribution in [0.3, 0.4) is 0 Å². The first-order valence-corrected chi connectivity index (χ1v) is 7.51. The number of nitrogens with zero attached hydrogens (tertiary/aromatic N) is 2. The zero-order valence-corrected chi connectivity index (χ0v) is 13.0. The average Bonchev–Trinajstić information content (AvgIpc) is 2.59. The second kappa shape index (κ2) is 6.66. The number of nitriles is 1. The molecule has 0 aliphatic heterocycles. The van der Waals surface area contributed by atoms with Gasteiger partial charge in [0.15, 0.2) is 0 Å². The Labute approximate surface area is 139 Å². The van der Waals surface area contributed by atoms with E-state index in [0.29, 0.717) is 10.7 Å². The summed E-state index contributed by atoms with van der Waals surface area (Å²) in [6.07, 6.45) is 1.62. The molecule has 114 valence electrons. The summed E-state index contributed by atoms with van der Waals surface area (Å²) in [5.74, 6) is 0. The van der Waals surface area contributed by atoms with Crippen LogP contribution in [0.4, 0.5) is 5.69 Å². The molecule has 1 atom stereocenters. The smallest absolute Gasteiger partial charge is 0.148 e. The molecule has 0 aliphatic carbocycles. The van der Waals surface area contributed by atoms with Crippen LogP contribution in [-0.2, 0) is 0 Å². The predicted molar refractivity (Wildman–Crippen MR) is 91.4 cm³/mol. The number of hydrogen-bond donors (Lipinski definition) is 2. The number of benzene rings is 2. The molecule has 0 fully saturated rings. The maximum Gasteiger partial charge on any atom is 0.148 e. The van der Waals surface area contributed by atoms with Crippen molar-refractivity contribution in [3.8, 4) is 6.07 Å². The molecule has 1 heterocycles. The van der Waals surface area contributed by atoms with Gasteiger partial charge in [0.25, 0.3) is 0 Å². The minimum absolute atomic E-state index is 0.0422. The number of aliphatic hydroxyl groups is 1. The van der Waals surface area contributed by atoms with E-state index in [2.05, 4.69) is 16.4 Å². The first-order valence-electron chi connectivity index (χ1n) is 7.13. The van der Waals surface area contributed by atoms with Crippen LogP contribution in [-0.4, -0.2) is 16.7 Å². The second-order valence-corrected chi connectivity index (χ2v) is 5.57. The van der Waals surface area contributed by atoms with Crippen molar-refractivity contribution in [1.29, 1.82) is 5.26 Å². The number of aliphatic hydroxyl groups excluding tert-OH is 1. The van der Waals surface area contributed by atoms with Crippen molar-refractivity contribution in [2.75, 3.05) is 11.9 Å². The van der Waals surface area contributed by atoms with Crippen LogP contribution in [0.15, 0.2) is 54.7 Å². The SMILES string of the molecule is N#Cc1nccc2cc(N[C@H](CO)c3ccc(Cl)cc3)ccc12. The Morgan fingerprint density at radius 1 is 1.17 bits per heavy atom. The van der Waals surface area contributed by atoms with Crippen molar-refractivity contribution in [2.24, 2.45) is 0 Å². The van der Waals surface area contributed by atoms with E-state index in [1.165, 1.54) is 0 Å². The number of pyridine rings is 1. The van der Waals surface area contributed by atoms with Gasteiger partial charge in [-0.15, -0.1) is 0 Å². The van der Waals surface area contributed by atoms with Gasteiger partial charge in [-0.3, -0.25) is 0 Å². The van der Waals surface area contributed by atoms with E-state index in [9.17, 15) is 5.11 Å². The van der Waals surface area contributed by atoms with Crippen LogP contribution in [0.2, 0.25) is 5.02 Å². The summed E-state index contributed by atoms with van der Waals surface area (Å²) >= 11 is 5.90. The number of halogens is 1. The fourth-order valence-corrected chi connectivity index (χ4v) is 2.61. The van der Waals surface area contributed by atoms with Crippen LogP contribution < -0.4 is 5.32 Å². The molecule has 0 aliphatic rings. The van der Waals surface area contributed by atoms with Gasteiger partial charge in [0.05, 0.1) is 12.6 Å². The van der Waals surface area contributed by atoms with E-state index < -0.39 is 0 Å². The molecule has 0 amide bonds. The fraction of sp³-hybridized carbons (Fsp3) is 0.111. The zero-order chi connectivity index (χ0) is 16.2. The average molecular weight is 324 g/mol. The quantitative estimate of drug-likeness (QED) is 0.764. The van der Waals surface area contributed by atoms with Gasteiger partial charge >= 0.3 is 0 Å². The van der Waals surface area contributed by atoms with Gasteiger partial charge in [-0.2, -0.15) is 5.26 Å². The number of hydrogen-bond acceptors (Lipinski definition) is 4. The van der Waals surface area contributed by atoms with Crippen molar-refractivity contribution >= 4 is 28.1 Å². The Kier molecular flexibility index (Phi) is 4.42. The first-order chi connectivity index (χ1) is 11.2. The number of aromatic nitrogens is 1. The van der Waals surface area contributed by atoms with E-state index in [4.69, 9.17) is 16.9 Å². The van der Waals surface area contributed by atoms with Gasteiger partial charge in [0.2, 0.25) is 0 Å². The summed E-state index contributed by atoms with van der Waals surface area (Å²) in [4.78, 5) is 4.05. The summed E-state index contributed by atoms with van der Waals surface area (Å²) < 4.78 is 0. The molecular weight excluding hydrogens is 310 g/mol. The third-order valence-corrected chi connectivity index (χ3v) is 3.92. The highest BCUT2D eigenvalue weighted by molar-refractivity contribution is 6.30. The number of rotatable bonds is 4. The van der Waals surface area contributed by atoms with Crippen LogP contribution in [0.25, 0.3) is 10.8 Å². The molecule has 3 aromatic rings. The summed E-state index contributed by atoms with van der Waals surface area (Å²) in [7, 11) is 0. The van der Waals surface area contributed by atoms with E-state index in [0.717, 1.165) is 22.0 Å². The molecule has 3 rings (SSSR count). The normalized spacial score (nSPS) is 11.9. The fourth-order valence-electron chi connectivity index (χ4n) is 2.49. The Morgan fingerprint density at radius 2 is 1.96 bits per heavy atom. The molecular formula is C18H14ClN3O. The lowest BCUT2D eigenvalue weighted by atomic mass is 10.1. The van der Waals surface area contributed by atoms with E-state index in [1.54, 1.807) is 18.3 Å². The minimum atomic E-state index is -0.234. The lowest BCUT2D eigenvalue weighted by molar-refractivity contribution is 0.276. The number of fused-ring (bicyclic) bond motifs is 1. The third-order valence-electron chi connectivity index (χ3n) is 3.67. The molecule has 0 radical (unpaired) electrons. The second-order valence-electron chi connectivity index (χ2n) is 5.14. The maximum atomic E-state index is 9.66. The van der Waals surface area contributed by atoms with Crippen molar-refractivity contribution in [3.05, 3.63) is 71.0 Å². The van der Waals surface area contributed by atoms with Gasteiger partial charge in [0.1, 0.15) is 11.8 Å². The first kappa shape index (κ1) is 15.3. The van der Waals surface area contributed by atoms with E-state index in [1.807, 2.05) is 36.4 Å². The van der Waals surface area contributed by atoms with Crippen LogP contribution in [0.1, 0.15) is 17.3 Å². The monoisotopic (exact) mass is 323 g/mol. The van der Waals surface area contributed by atoms with Crippen molar-refractivity contribution < 1.29 is 5.11 Å². The van der Waals surface area contributed by atoms with Gasteiger partial charge in [-0.1, -0.05) is 23.7 Å². The molecule has 0 unspecified atom stereocenters. The summed E-state index contributed by atoms with van der Waals surface area (Å²) in [5, 5.41) is 24.4. The van der Waals surface area contributed by atoms with Crippen molar-refractivity contribution in [3.63, 3.8) is 0 Å². The van der Waals surface area contributed by atoms with Crippen molar-refractivity contribution in [1.82, 2.24) is 4.98 Å². The Balaban J connectivity index is 1.91. The highest BCUT2D eigenvalue weighted by atomic mass is 35.5. The summed E-state index contributed by atoms with van der Waals surface area (Å²) in [5.41, 5.74) is 2.22. The van der Waals surface area contributed by atoms with Crippen LogP contribution >= 0.6 is 11.6 Å². The van der Waals surface area contributed by atoms with E-state index in [-0.39, 0.29) is 12.6 Å². The molecule has 2 aromatic carbocycles. The molecule has 0 saturated carbocycles. The van der Waals surface area contributed by atoms with Crippen molar-refractivity contribution in [2.45, 2.75) is 6.04 Å². The molecule has 0 bridgehead atoms. The largest absolute Gasteiger partial charge is 0.394 e. The molecule has 23 heavy (non-hydrogen) atoms. The molecule has 0 saturated heterocycles. The van der Waals surface area contributed by atoms with Gasteiger partial charge in [-0.25, -0.2) is 4.98 Å². The predicted octanol–water partition coefficient (Wildman–Crippen LogP) is 3.91. The van der Waals surface area contributed by atoms with Crippen LogP contribution in [0, 0.1) is 11.3 Å². The highest BCUT2D eigenvalue weighted by Crippen LogP contribution is 2.25. The molecule has 0 spiro atoms. The molecule has 2 N–H and O–H groups in total. The Hall–Kier alpha value is -2.61. The number of anilines is 1. The third kappa shape index (κ3) is 3.26.